The van der Waals surface area contributed by atoms with Crippen LogP contribution in [0.4, 0.5) is 13.2 Å². The highest BCUT2D eigenvalue weighted by Crippen LogP contribution is 2.26. The Hall–Kier alpha value is -1.98. The summed E-state index contributed by atoms with van der Waals surface area (Å²) < 4.78 is 38.0. The molecule has 96 valence electrons. The molecule has 0 aromatic heterocycles. The van der Waals surface area contributed by atoms with Crippen LogP contribution in [-0.4, -0.2) is 30.1 Å². The smallest absolute Gasteiger partial charge is 0.430 e. The van der Waals surface area contributed by atoms with Gasteiger partial charge in [0.2, 0.25) is 0 Å². The van der Waals surface area contributed by atoms with Crippen LogP contribution in [0.1, 0.15) is 5.56 Å². The van der Waals surface area contributed by atoms with E-state index in [9.17, 15) is 18.3 Å². The van der Waals surface area contributed by atoms with Gasteiger partial charge in [0.25, 0.3) is 0 Å². The molecule has 0 radical (unpaired) electrons. The highest BCUT2D eigenvalue weighted by atomic mass is 19.4. The lowest BCUT2D eigenvalue weighted by Gasteiger charge is -2.11. The second kappa shape index (κ2) is 4.72. The first kappa shape index (κ1) is 12.5. The Kier molecular flexibility index (Phi) is 3.27. The normalized spacial score (nSPS) is 16.4. The first-order chi connectivity index (χ1) is 8.48. The number of rotatable bonds is 1. The third-order valence-corrected chi connectivity index (χ3v) is 2.48. The average molecular weight is 256 g/mol. The zero-order chi connectivity index (χ0) is 13.2. The molecule has 0 aliphatic carbocycles. The molecule has 2 rings (SSSR count). The summed E-state index contributed by atoms with van der Waals surface area (Å²) >= 11 is 0. The van der Waals surface area contributed by atoms with Gasteiger partial charge in [-0.2, -0.15) is 13.2 Å². The molecule has 18 heavy (non-hydrogen) atoms. The Morgan fingerprint density at radius 3 is 2.61 bits per heavy atom. The number of nitrogens with one attached hydrogen (secondary N) is 1. The fourth-order valence-corrected chi connectivity index (χ4v) is 1.64. The summed E-state index contributed by atoms with van der Waals surface area (Å²) in [6.45, 7) is 0.336. The quantitative estimate of drug-likeness (QED) is 0.809. The zero-order valence-electron chi connectivity index (χ0n) is 9.33. The van der Waals surface area contributed by atoms with Gasteiger partial charge in [-0.3, -0.25) is 4.99 Å². The van der Waals surface area contributed by atoms with Gasteiger partial charge < -0.3 is 10.4 Å². The second-order valence-electron chi connectivity index (χ2n) is 3.77. The first-order valence-corrected chi connectivity index (χ1v) is 5.34. The minimum absolute atomic E-state index is 0.0871. The lowest BCUT2D eigenvalue weighted by molar-refractivity contribution is -0.0964. The van der Waals surface area contributed by atoms with Crippen LogP contribution >= 0.6 is 0 Å². The van der Waals surface area contributed by atoms with Gasteiger partial charge in [-0.1, -0.05) is 12.1 Å². The molecular formula is C12H11F3N2O. The standard InChI is InChI=1S/C12H11F3N2O/c13-12(14,15)11-7-9(16-5-6-17-11)8-3-1-2-4-10(8)18/h1-4,7,17-18H,5-6H2. The fraction of sp³-hybridized carbons (Fsp3) is 0.250. The molecule has 3 nitrogen and oxygen atoms in total. The summed E-state index contributed by atoms with van der Waals surface area (Å²) in [5, 5.41) is 11.9. The lowest BCUT2D eigenvalue weighted by Crippen LogP contribution is -2.27. The highest BCUT2D eigenvalue weighted by Gasteiger charge is 2.34. The van der Waals surface area contributed by atoms with Crippen molar-refractivity contribution < 1.29 is 18.3 Å². The van der Waals surface area contributed by atoms with Crippen LogP contribution in [0, 0.1) is 0 Å². The van der Waals surface area contributed by atoms with Gasteiger partial charge in [-0.25, -0.2) is 0 Å². The number of hydrogen-bond acceptors (Lipinski definition) is 3. The topological polar surface area (TPSA) is 44.6 Å². The van der Waals surface area contributed by atoms with Crippen LogP contribution in [0.2, 0.25) is 0 Å². The van der Waals surface area contributed by atoms with E-state index >= 15 is 0 Å². The van der Waals surface area contributed by atoms with E-state index in [1.165, 1.54) is 12.1 Å². The number of nitrogens with zero attached hydrogens (tertiary/aromatic N) is 1. The number of benzene rings is 1. The summed E-state index contributed by atoms with van der Waals surface area (Å²) in [6.07, 6.45) is -3.53. The van der Waals surface area contributed by atoms with Gasteiger partial charge in [0.05, 0.1) is 12.3 Å². The Labute approximate surface area is 102 Å². The predicted molar refractivity (Wildman–Crippen MR) is 61.7 cm³/mol. The summed E-state index contributed by atoms with van der Waals surface area (Å²) in [5.41, 5.74) is -0.421. The van der Waals surface area contributed by atoms with Crippen LogP contribution in [0.25, 0.3) is 0 Å². The maximum Gasteiger partial charge on any atom is 0.430 e. The van der Waals surface area contributed by atoms with Crippen molar-refractivity contribution in [2.24, 2.45) is 4.99 Å². The molecule has 1 heterocycles. The highest BCUT2D eigenvalue weighted by molar-refractivity contribution is 6.11. The number of aromatic hydroxyl groups is 1. The minimum Gasteiger partial charge on any atom is -0.507 e. The van der Waals surface area contributed by atoms with E-state index in [1.807, 2.05) is 0 Å². The van der Waals surface area contributed by atoms with Crippen LogP contribution in [0.15, 0.2) is 41.0 Å². The Morgan fingerprint density at radius 1 is 1.22 bits per heavy atom. The van der Waals surface area contributed by atoms with Crippen LogP contribution < -0.4 is 5.32 Å². The van der Waals surface area contributed by atoms with Gasteiger partial charge in [-0.05, 0) is 18.2 Å². The number of hydrogen-bond donors (Lipinski definition) is 2. The van der Waals surface area contributed by atoms with Crippen molar-refractivity contribution in [3.8, 4) is 5.75 Å². The fourth-order valence-electron chi connectivity index (χ4n) is 1.64. The van der Waals surface area contributed by atoms with E-state index in [0.717, 1.165) is 6.08 Å². The number of para-hydroxylation sites is 1. The molecule has 1 aromatic carbocycles. The maximum atomic E-state index is 12.7. The third-order valence-electron chi connectivity index (χ3n) is 2.48. The number of alkyl halides is 3. The molecule has 6 heteroatoms. The maximum absolute atomic E-state index is 12.7. The van der Waals surface area contributed by atoms with Gasteiger partial charge in [0.1, 0.15) is 11.4 Å². The largest absolute Gasteiger partial charge is 0.507 e. The van der Waals surface area contributed by atoms with E-state index in [0.29, 0.717) is 5.56 Å². The van der Waals surface area contributed by atoms with Crippen molar-refractivity contribution in [1.82, 2.24) is 5.32 Å². The van der Waals surface area contributed by atoms with Crippen molar-refractivity contribution in [3.63, 3.8) is 0 Å². The SMILES string of the molecule is Oc1ccccc1C1=NCCNC(C(F)(F)F)=C1. The van der Waals surface area contributed by atoms with Crippen molar-refractivity contribution in [3.05, 3.63) is 41.6 Å². The summed E-state index contributed by atoms with van der Waals surface area (Å²) in [7, 11) is 0. The van der Waals surface area contributed by atoms with Crippen molar-refractivity contribution >= 4 is 5.71 Å². The molecule has 1 aliphatic rings. The van der Waals surface area contributed by atoms with Crippen molar-refractivity contribution in [2.45, 2.75) is 6.18 Å². The van der Waals surface area contributed by atoms with Crippen LogP contribution in [-0.2, 0) is 0 Å². The molecule has 1 aromatic rings. The molecule has 0 fully saturated rings. The van der Waals surface area contributed by atoms with Crippen LogP contribution in [0.3, 0.4) is 0 Å². The number of phenols is 1. The average Bonchev–Trinajstić information content (AvgIpc) is 2.54. The van der Waals surface area contributed by atoms with E-state index in [1.54, 1.807) is 12.1 Å². The van der Waals surface area contributed by atoms with E-state index in [4.69, 9.17) is 0 Å². The first-order valence-electron chi connectivity index (χ1n) is 5.34. The third kappa shape index (κ3) is 2.64. The Bertz CT molecular complexity index is 506. The Balaban J connectivity index is 2.43. The van der Waals surface area contributed by atoms with Gasteiger partial charge in [-0.15, -0.1) is 0 Å². The monoisotopic (exact) mass is 256 g/mol. The number of phenolic OH excluding ortho intramolecular Hbond substituents is 1. The number of allylic oxidation sites excluding steroid dienone is 2. The van der Waals surface area contributed by atoms with E-state index in [2.05, 4.69) is 10.3 Å². The predicted octanol–water partition coefficient (Wildman–Crippen LogP) is 2.23. The molecule has 1 aliphatic heterocycles. The van der Waals surface area contributed by atoms with Gasteiger partial charge in [0.15, 0.2) is 0 Å². The molecule has 0 unspecified atom stereocenters. The van der Waals surface area contributed by atoms with Gasteiger partial charge >= 0.3 is 6.18 Å². The molecule has 0 saturated heterocycles. The van der Waals surface area contributed by atoms with E-state index in [-0.39, 0.29) is 24.6 Å². The van der Waals surface area contributed by atoms with Crippen molar-refractivity contribution in [1.29, 1.82) is 0 Å². The molecule has 0 atom stereocenters. The number of halogens is 3. The van der Waals surface area contributed by atoms with E-state index < -0.39 is 11.9 Å². The molecule has 0 amide bonds. The molecule has 0 spiro atoms. The minimum atomic E-state index is -4.45. The molecule has 0 bridgehead atoms. The second-order valence-corrected chi connectivity index (χ2v) is 3.77. The summed E-state index contributed by atoms with van der Waals surface area (Å²) in [4.78, 5) is 4.04. The molecule has 0 saturated carbocycles. The Morgan fingerprint density at radius 2 is 1.94 bits per heavy atom. The van der Waals surface area contributed by atoms with Crippen molar-refractivity contribution in [2.75, 3.05) is 13.1 Å². The van der Waals surface area contributed by atoms with Crippen LogP contribution in [0.5, 0.6) is 5.75 Å². The summed E-state index contributed by atoms with van der Waals surface area (Å²) in [6, 6.07) is 6.18. The molecule has 2 N–H and O–H groups in total. The van der Waals surface area contributed by atoms with Gasteiger partial charge in [0, 0.05) is 12.1 Å². The zero-order valence-corrected chi connectivity index (χ0v) is 9.33. The summed E-state index contributed by atoms with van der Waals surface area (Å²) in [5.74, 6) is -0.0871. The number of aliphatic imine (C=N–C) groups is 1. The lowest BCUT2D eigenvalue weighted by atomic mass is 10.1. The molecular weight excluding hydrogens is 245 g/mol.